The van der Waals surface area contributed by atoms with Gasteiger partial charge < -0.3 is 15.2 Å². The van der Waals surface area contributed by atoms with Crippen LogP contribution < -0.4 is 10.1 Å². The van der Waals surface area contributed by atoms with Gasteiger partial charge >= 0.3 is 0 Å². The van der Waals surface area contributed by atoms with E-state index in [0.717, 1.165) is 10.0 Å². The third kappa shape index (κ3) is 4.88. The minimum atomic E-state index is -0.426. The fourth-order valence-electron chi connectivity index (χ4n) is 1.86. The van der Waals surface area contributed by atoms with Crippen LogP contribution >= 0.6 is 15.9 Å². The third-order valence-electron chi connectivity index (χ3n) is 2.89. The number of hydrogen-bond acceptors (Lipinski definition) is 3. The SMILES string of the molecule is O=C(COc1cccc(Br)c1)NC(CO)c1ccccc1. The number of halogens is 1. The Balaban J connectivity index is 1.89. The predicted molar refractivity (Wildman–Crippen MR) is 84.0 cm³/mol. The maximum Gasteiger partial charge on any atom is 0.258 e. The van der Waals surface area contributed by atoms with Crippen molar-refractivity contribution in [3.63, 3.8) is 0 Å². The Morgan fingerprint density at radius 2 is 1.95 bits per heavy atom. The van der Waals surface area contributed by atoms with Gasteiger partial charge in [0.05, 0.1) is 12.6 Å². The minimum absolute atomic E-state index is 0.0974. The van der Waals surface area contributed by atoms with Crippen molar-refractivity contribution in [2.45, 2.75) is 6.04 Å². The fraction of sp³-hybridized carbons (Fsp3) is 0.188. The summed E-state index contributed by atoms with van der Waals surface area (Å²) in [7, 11) is 0. The van der Waals surface area contributed by atoms with Crippen molar-refractivity contribution in [2.75, 3.05) is 13.2 Å². The van der Waals surface area contributed by atoms with Crippen LogP contribution in [0.2, 0.25) is 0 Å². The van der Waals surface area contributed by atoms with Crippen LogP contribution in [-0.4, -0.2) is 24.2 Å². The quantitative estimate of drug-likeness (QED) is 0.842. The highest BCUT2D eigenvalue weighted by Crippen LogP contribution is 2.17. The molecule has 2 rings (SSSR count). The van der Waals surface area contributed by atoms with Crippen molar-refractivity contribution in [2.24, 2.45) is 0 Å². The van der Waals surface area contributed by atoms with Gasteiger partial charge in [-0.25, -0.2) is 0 Å². The van der Waals surface area contributed by atoms with Gasteiger partial charge in [-0.3, -0.25) is 4.79 Å². The zero-order chi connectivity index (χ0) is 15.1. The summed E-state index contributed by atoms with van der Waals surface area (Å²) < 4.78 is 6.29. The van der Waals surface area contributed by atoms with Crippen LogP contribution in [0.4, 0.5) is 0 Å². The number of amides is 1. The summed E-state index contributed by atoms with van der Waals surface area (Å²) in [5, 5.41) is 12.1. The Hall–Kier alpha value is -1.85. The molecule has 0 saturated carbocycles. The molecule has 2 aromatic rings. The molecule has 0 saturated heterocycles. The first kappa shape index (κ1) is 15.5. The van der Waals surface area contributed by atoms with Crippen molar-refractivity contribution >= 4 is 21.8 Å². The molecule has 21 heavy (non-hydrogen) atoms. The van der Waals surface area contributed by atoms with Gasteiger partial charge in [-0.05, 0) is 23.8 Å². The van der Waals surface area contributed by atoms with E-state index >= 15 is 0 Å². The molecule has 0 radical (unpaired) electrons. The highest BCUT2D eigenvalue weighted by Gasteiger charge is 2.13. The van der Waals surface area contributed by atoms with Crippen molar-refractivity contribution in [3.05, 3.63) is 64.6 Å². The van der Waals surface area contributed by atoms with E-state index in [1.54, 1.807) is 12.1 Å². The number of ether oxygens (including phenoxy) is 1. The molecule has 1 unspecified atom stereocenters. The van der Waals surface area contributed by atoms with Crippen molar-refractivity contribution in [3.8, 4) is 5.75 Å². The van der Waals surface area contributed by atoms with Crippen LogP contribution in [0.15, 0.2) is 59.1 Å². The number of aliphatic hydroxyl groups is 1. The molecule has 5 heteroatoms. The van der Waals surface area contributed by atoms with Crippen LogP contribution in [0.3, 0.4) is 0 Å². The Morgan fingerprint density at radius 3 is 2.62 bits per heavy atom. The van der Waals surface area contributed by atoms with E-state index in [0.29, 0.717) is 5.75 Å². The van der Waals surface area contributed by atoms with E-state index in [9.17, 15) is 9.90 Å². The predicted octanol–water partition coefficient (Wildman–Crippen LogP) is 2.68. The maximum atomic E-state index is 11.9. The van der Waals surface area contributed by atoms with E-state index in [2.05, 4.69) is 21.2 Å². The molecule has 0 aliphatic carbocycles. The number of nitrogens with one attached hydrogen (secondary N) is 1. The Kier molecular flexibility index (Phi) is 5.78. The minimum Gasteiger partial charge on any atom is -0.484 e. The first-order valence-electron chi connectivity index (χ1n) is 6.52. The lowest BCUT2D eigenvalue weighted by Gasteiger charge is -2.17. The van der Waals surface area contributed by atoms with Gasteiger partial charge in [-0.1, -0.05) is 52.3 Å². The second-order valence-corrected chi connectivity index (χ2v) is 5.38. The van der Waals surface area contributed by atoms with Crippen LogP contribution in [0.1, 0.15) is 11.6 Å². The fourth-order valence-corrected chi connectivity index (χ4v) is 2.24. The molecule has 2 aromatic carbocycles. The number of hydrogen-bond donors (Lipinski definition) is 2. The number of rotatable bonds is 6. The molecule has 0 aromatic heterocycles. The average molecular weight is 350 g/mol. The summed E-state index contributed by atoms with van der Waals surface area (Å²) in [6.45, 7) is -0.258. The second kappa shape index (κ2) is 7.81. The van der Waals surface area contributed by atoms with Crippen molar-refractivity contribution < 1.29 is 14.6 Å². The molecular weight excluding hydrogens is 334 g/mol. The molecule has 0 bridgehead atoms. The van der Waals surface area contributed by atoms with Gasteiger partial charge in [0.2, 0.25) is 0 Å². The molecule has 0 aliphatic rings. The lowest BCUT2D eigenvalue weighted by atomic mass is 10.1. The molecule has 0 fully saturated rings. The van der Waals surface area contributed by atoms with E-state index in [-0.39, 0.29) is 19.1 Å². The van der Waals surface area contributed by atoms with E-state index in [1.807, 2.05) is 42.5 Å². The summed E-state index contributed by atoms with van der Waals surface area (Å²) in [4.78, 5) is 11.9. The number of benzene rings is 2. The third-order valence-corrected chi connectivity index (χ3v) is 3.38. The standard InChI is InChI=1S/C16H16BrNO3/c17-13-7-4-8-14(9-13)21-11-16(20)18-15(10-19)12-5-2-1-3-6-12/h1-9,15,19H,10-11H2,(H,18,20). The zero-order valence-corrected chi connectivity index (χ0v) is 12.9. The molecule has 4 nitrogen and oxygen atoms in total. The molecule has 0 aliphatic heterocycles. The maximum absolute atomic E-state index is 11.9. The first-order chi connectivity index (χ1) is 10.2. The molecule has 2 N–H and O–H groups in total. The van der Waals surface area contributed by atoms with Crippen molar-refractivity contribution in [1.82, 2.24) is 5.32 Å². The molecular formula is C16H16BrNO3. The highest BCUT2D eigenvalue weighted by molar-refractivity contribution is 9.10. The lowest BCUT2D eigenvalue weighted by molar-refractivity contribution is -0.124. The smallest absolute Gasteiger partial charge is 0.258 e. The van der Waals surface area contributed by atoms with Gasteiger partial charge in [0, 0.05) is 4.47 Å². The molecule has 0 spiro atoms. The van der Waals surface area contributed by atoms with Crippen molar-refractivity contribution in [1.29, 1.82) is 0 Å². The highest BCUT2D eigenvalue weighted by atomic mass is 79.9. The van der Waals surface area contributed by atoms with E-state index < -0.39 is 6.04 Å². The summed E-state index contributed by atoms with van der Waals surface area (Å²) in [6.07, 6.45) is 0. The van der Waals surface area contributed by atoms with E-state index in [1.165, 1.54) is 0 Å². The average Bonchev–Trinajstić information content (AvgIpc) is 2.51. The Bertz CT molecular complexity index is 589. The van der Waals surface area contributed by atoms with Crippen LogP contribution in [0.5, 0.6) is 5.75 Å². The molecule has 110 valence electrons. The second-order valence-electron chi connectivity index (χ2n) is 4.46. The van der Waals surface area contributed by atoms with Gasteiger partial charge in [-0.15, -0.1) is 0 Å². The normalized spacial score (nSPS) is 11.7. The topological polar surface area (TPSA) is 58.6 Å². The molecule has 0 heterocycles. The summed E-state index contributed by atoms with van der Waals surface area (Å²) >= 11 is 3.34. The number of carbonyl (C=O) groups excluding carboxylic acids is 1. The number of aliphatic hydroxyl groups excluding tert-OH is 1. The lowest BCUT2D eigenvalue weighted by Crippen LogP contribution is -2.34. The summed E-state index contributed by atoms with van der Waals surface area (Å²) in [5.41, 5.74) is 0.857. The van der Waals surface area contributed by atoms with Gasteiger partial charge in [-0.2, -0.15) is 0 Å². The van der Waals surface area contributed by atoms with Gasteiger partial charge in [0.25, 0.3) is 5.91 Å². The zero-order valence-electron chi connectivity index (χ0n) is 11.3. The Morgan fingerprint density at radius 1 is 1.19 bits per heavy atom. The van der Waals surface area contributed by atoms with Gasteiger partial charge in [0.15, 0.2) is 6.61 Å². The summed E-state index contributed by atoms with van der Waals surface area (Å²) in [6, 6.07) is 16.2. The number of carbonyl (C=O) groups is 1. The van der Waals surface area contributed by atoms with E-state index in [4.69, 9.17) is 4.74 Å². The van der Waals surface area contributed by atoms with Crippen LogP contribution in [0, 0.1) is 0 Å². The summed E-state index contributed by atoms with van der Waals surface area (Å²) in [5.74, 6) is 0.331. The molecule has 1 atom stereocenters. The molecule has 1 amide bonds. The van der Waals surface area contributed by atoms with Gasteiger partial charge in [0.1, 0.15) is 5.75 Å². The monoisotopic (exact) mass is 349 g/mol. The largest absolute Gasteiger partial charge is 0.484 e. The Labute approximate surface area is 131 Å². The van der Waals surface area contributed by atoms with Crippen LogP contribution in [-0.2, 0) is 4.79 Å². The van der Waals surface area contributed by atoms with Crippen LogP contribution in [0.25, 0.3) is 0 Å². The first-order valence-corrected chi connectivity index (χ1v) is 7.32.